The number of imide groups is 1. The van der Waals surface area contributed by atoms with Crippen molar-refractivity contribution in [3.05, 3.63) is 59.7 Å². The van der Waals surface area contributed by atoms with E-state index >= 15 is 0 Å². The minimum Gasteiger partial charge on any atom is -0.285 e. The molecule has 2 unspecified atom stereocenters. The summed E-state index contributed by atoms with van der Waals surface area (Å²) in [6.45, 7) is 0. The first-order chi connectivity index (χ1) is 10.2. The van der Waals surface area contributed by atoms with Crippen molar-refractivity contribution in [3.63, 3.8) is 0 Å². The Kier molecular flexibility index (Phi) is 1.74. The van der Waals surface area contributed by atoms with E-state index in [0.29, 0.717) is 0 Å². The van der Waals surface area contributed by atoms with Crippen LogP contribution in [0.5, 0.6) is 0 Å². The van der Waals surface area contributed by atoms with Gasteiger partial charge in [0.2, 0.25) is 11.8 Å². The van der Waals surface area contributed by atoms with Gasteiger partial charge in [0.1, 0.15) is 0 Å². The van der Waals surface area contributed by atoms with Gasteiger partial charge in [-0.15, -0.1) is 0 Å². The van der Waals surface area contributed by atoms with Crippen LogP contribution in [0, 0.1) is 11.8 Å². The van der Waals surface area contributed by atoms with Crippen LogP contribution in [0.25, 0.3) is 11.1 Å². The molecule has 0 radical (unpaired) electrons. The van der Waals surface area contributed by atoms with Crippen LogP contribution in [0.15, 0.2) is 48.5 Å². The fourth-order valence-electron chi connectivity index (χ4n) is 4.56. The number of carbonyl (C=O) groups excluding carboxylic acids is 2. The van der Waals surface area contributed by atoms with Gasteiger partial charge in [0, 0.05) is 12.5 Å². The molecular weight excluding hydrogens is 262 g/mol. The van der Waals surface area contributed by atoms with Gasteiger partial charge in [-0.2, -0.15) is 0 Å². The predicted octanol–water partition coefficient (Wildman–Crippen LogP) is 2.20. The molecule has 1 aliphatic heterocycles. The lowest BCUT2D eigenvalue weighted by Crippen LogP contribution is -2.35. The molecule has 3 aliphatic rings. The Hall–Kier alpha value is -2.42. The molecule has 2 amide bonds. The second-order valence-electron chi connectivity index (χ2n) is 6.15. The second-order valence-corrected chi connectivity index (χ2v) is 6.15. The topological polar surface area (TPSA) is 37.4 Å². The maximum Gasteiger partial charge on any atom is 0.234 e. The van der Waals surface area contributed by atoms with Crippen molar-refractivity contribution in [1.29, 1.82) is 0 Å². The van der Waals surface area contributed by atoms with E-state index in [-0.39, 0.29) is 23.7 Å². The van der Waals surface area contributed by atoms with E-state index in [0.717, 1.165) is 11.1 Å². The van der Waals surface area contributed by atoms with E-state index in [1.165, 1.54) is 16.0 Å². The largest absolute Gasteiger partial charge is 0.285 e. The Bertz CT molecular complexity index is 769. The van der Waals surface area contributed by atoms with E-state index in [4.69, 9.17) is 0 Å². The molecule has 3 nitrogen and oxygen atoms in total. The molecule has 1 heterocycles. The SMILES string of the molecule is CN1C(=O)C2C(C1=O)C21c2ccccc2-c2ccccc21. The summed E-state index contributed by atoms with van der Waals surface area (Å²) in [4.78, 5) is 26.2. The Labute approximate surface area is 122 Å². The molecule has 5 rings (SSSR count). The number of fused-ring (bicyclic) bond motifs is 8. The minimum atomic E-state index is -0.395. The summed E-state index contributed by atoms with van der Waals surface area (Å²) in [6.07, 6.45) is 0. The van der Waals surface area contributed by atoms with E-state index in [2.05, 4.69) is 24.3 Å². The maximum absolute atomic E-state index is 12.4. The summed E-state index contributed by atoms with van der Waals surface area (Å²) in [6, 6.07) is 16.4. The molecule has 2 atom stereocenters. The second kappa shape index (κ2) is 3.25. The predicted molar refractivity (Wildman–Crippen MR) is 77.4 cm³/mol. The Morgan fingerprint density at radius 2 is 1.24 bits per heavy atom. The fraction of sp³-hybridized carbons (Fsp3) is 0.222. The highest BCUT2D eigenvalue weighted by Crippen LogP contribution is 2.72. The van der Waals surface area contributed by atoms with Gasteiger partial charge < -0.3 is 0 Å². The zero-order valence-electron chi connectivity index (χ0n) is 11.5. The standard InChI is InChI=1S/C18H13NO2/c1-19-16(20)14-15(17(19)21)18(14)12-8-4-2-6-10(12)11-7-3-5-9-13(11)18/h2-9,14-15H,1H3. The van der Waals surface area contributed by atoms with Crippen LogP contribution in [0.1, 0.15) is 11.1 Å². The van der Waals surface area contributed by atoms with Crippen LogP contribution in [-0.4, -0.2) is 23.8 Å². The monoisotopic (exact) mass is 275 g/mol. The Morgan fingerprint density at radius 1 is 0.810 bits per heavy atom. The summed E-state index contributed by atoms with van der Waals surface area (Å²) in [5.74, 6) is -0.479. The third kappa shape index (κ3) is 0.992. The van der Waals surface area contributed by atoms with Crippen LogP contribution in [0.3, 0.4) is 0 Å². The molecule has 1 saturated heterocycles. The van der Waals surface area contributed by atoms with Gasteiger partial charge in [0.15, 0.2) is 0 Å². The molecule has 3 heteroatoms. The molecule has 1 saturated carbocycles. The highest BCUT2D eigenvalue weighted by molar-refractivity contribution is 6.14. The molecule has 102 valence electrons. The number of rotatable bonds is 0. The first-order valence-corrected chi connectivity index (χ1v) is 7.20. The molecule has 2 fully saturated rings. The molecule has 2 aromatic rings. The van der Waals surface area contributed by atoms with E-state index in [1.807, 2.05) is 24.3 Å². The molecule has 0 aromatic heterocycles. The number of benzene rings is 2. The molecule has 1 spiro atoms. The van der Waals surface area contributed by atoms with Gasteiger partial charge in [-0.3, -0.25) is 14.5 Å². The van der Waals surface area contributed by atoms with Crippen LogP contribution < -0.4 is 0 Å². The first-order valence-electron chi connectivity index (χ1n) is 7.20. The fourth-order valence-corrected chi connectivity index (χ4v) is 4.56. The number of hydrogen-bond donors (Lipinski definition) is 0. The number of amides is 2. The molecule has 0 N–H and O–H groups in total. The summed E-state index contributed by atoms with van der Waals surface area (Å²) >= 11 is 0. The lowest BCUT2D eigenvalue weighted by molar-refractivity contribution is -0.140. The molecule has 0 bridgehead atoms. The van der Waals surface area contributed by atoms with Gasteiger partial charge >= 0.3 is 0 Å². The van der Waals surface area contributed by atoms with E-state index in [1.54, 1.807) is 7.05 Å². The summed E-state index contributed by atoms with van der Waals surface area (Å²) < 4.78 is 0. The van der Waals surface area contributed by atoms with E-state index < -0.39 is 5.41 Å². The van der Waals surface area contributed by atoms with Crippen molar-refractivity contribution in [3.8, 4) is 11.1 Å². The van der Waals surface area contributed by atoms with Crippen LogP contribution in [-0.2, 0) is 15.0 Å². The zero-order valence-corrected chi connectivity index (χ0v) is 11.5. The van der Waals surface area contributed by atoms with Crippen LogP contribution in [0.4, 0.5) is 0 Å². The summed E-state index contributed by atoms with van der Waals surface area (Å²) in [5, 5.41) is 0. The van der Waals surface area contributed by atoms with Gasteiger partial charge in [-0.05, 0) is 22.3 Å². The van der Waals surface area contributed by atoms with Crippen molar-refractivity contribution in [2.75, 3.05) is 7.05 Å². The third-order valence-electron chi connectivity index (χ3n) is 5.43. The number of hydrogen-bond acceptors (Lipinski definition) is 2. The Morgan fingerprint density at radius 3 is 1.71 bits per heavy atom. The molecule has 21 heavy (non-hydrogen) atoms. The van der Waals surface area contributed by atoms with Gasteiger partial charge in [-0.1, -0.05) is 48.5 Å². The number of carbonyl (C=O) groups is 2. The number of nitrogens with zero attached hydrogens (tertiary/aromatic N) is 1. The average Bonchev–Trinajstić information content (AvgIpc) is 3.06. The third-order valence-corrected chi connectivity index (χ3v) is 5.43. The lowest BCUT2D eigenvalue weighted by Gasteiger charge is -2.21. The van der Waals surface area contributed by atoms with Crippen molar-refractivity contribution < 1.29 is 9.59 Å². The van der Waals surface area contributed by atoms with E-state index in [9.17, 15) is 9.59 Å². The average molecular weight is 275 g/mol. The molecular formula is C18H13NO2. The first kappa shape index (κ1) is 11.3. The van der Waals surface area contributed by atoms with Crippen LogP contribution in [0.2, 0.25) is 0 Å². The quantitative estimate of drug-likeness (QED) is 0.691. The maximum atomic E-state index is 12.4. The lowest BCUT2D eigenvalue weighted by atomic mass is 9.87. The normalized spacial score (nSPS) is 26.8. The highest BCUT2D eigenvalue weighted by Gasteiger charge is 2.79. The van der Waals surface area contributed by atoms with Gasteiger partial charge in [0.05, 0.1) is 11.8 Å². The molecule has 2 aromatic carbocycles. The van der Waals surface area contributed by atoms with Crippen LogP contribution >= 0.6 is 0 Å². The highest BCUT2D eigenvalue weighted by atomic mass is 16.2. The number of piperidine rings is 1. The molecule has 2 aliphatic carbocycles. The van der Waals surface area contributed by atoms with Crippen molar-refractivity contribution in [2.24, 2.45) is 11.8 Å². The van der Waals surface area contributed by atoms with Crippen molar-refractivity contribution >= 4 is 11.8 Å². The summed E-state index contributed by atoms with van der Waals surface area (Å²) in [7, 11) is 1.59. The van der Waals surface area contributed by atoms with Gasteiger partial charge in [0.25, 0.3) is 0 Å². The number of likely N-dealkylation sites (tertiary alicyclic amines) is 1. The Balaban J connectivity index is 1.84. The van der Waals surface area contributed by atoms with Gasteiger partial charge in [-0.25, -0.2) is 0 Å². The zero-order chi connectivity index (χ0) is 14.4. The summed E-state index contributed by atoms with van der Waals surface area (Å²) in [5.41, 5.74) is 4.25. The smallest absolute Gasteiger partial charge is 0.234 e. The van der Waals surface area contributed by atoms with Crippen molar-refractivity contribution in [1.82, 2.24) is 4.90 Å². The van der Waals surface area contributed by atoms with Crippen molar-refractivity contribution in [2.45, 2.75) is 5.41 Å². The minimum absolute atomic E-state index is 0.0310.